The number of fused-ring (bicyclic) bond motifs is 7. The molecular weight excluding hydrogens is 707 g/mol. The van der Waals surface area contributed by atoms with Gasteiger partial charge in [-0.2, -0.15) is 9.97 Å². The van der Waals surface area contributed by atoms with Crippen LogP contribution < -0.4 is 0 Å². The molecule has 1 aliphatic rings. The SMILES string of the molecule is [C-]#[N+]c1ccc(-c2nc(-c3cccc(-c4ccccc4)c3)nc(-n3c4ccccc4c4ccc5c(c43)-c3ccccc3C5(c3ccccc3)c3ccccc3)n2)cc1. The highest BCUT2D eigenvalue weighted by molar-refractivity contribution is 6.16. The summed E-state index contributed by atoms with van der Waals surface area (Å²) < 4.78 is 2.25. The van der Waals surface area contributed by atoms with E-state index in [0.717, 1.165) is 49.6 Å². The lowest BCUT2D eigenvalue weighted by molar-refractivity contribution is 0.769. The van der Waals surface area contributed by atoms with E-state index in [1.54, 1.807) is 0 Å². The Kier molecular flexibility index (Phi) is 7.70. The third-order valence-electron chi connectivity index (χ3n) is 11.6. The lowest BCUT2D eigenvalue weighted by atomic mass is 9.67. The van der Waals surface area contributed by atoms with Gasteiger partial charge in [0.1, 0.15) is 0 Å². The predicted octanol–water partition coefficient (Wildman–Crippen LogP) is 12.9. The Balaban J connectivity index is 1.25. The Morgan fingerprint density at radius 3 is 1.78 bits per heavy atom. The van der Waals surface area contributed by atoms with E-state index < -0.39 is 5.41 Å². The summed E-state index contributed by atoms with van der Waals surface area (Å²) in [5.74, 6) is 1.62. The lowest BCUT2D eigenvalue weighted by Crippen LogP contribution is -2.28. The average Bonchev–Trinajstić information content (AvgIpc) is 3.81. The summed E-state index contributed by atoms with van der Waals surface area (Å²) in [5.41, 5.74) is 13.1. The number of rotatable bonds is 6. The van der Waals surface area contributed by atoms with Gasteiger partial charge >= 0.3 is 0 Å². The first-order valence-corrected chi connectivity index (χ1v) is 19.4. The zero-order valence-electron chi connectivity index (χ0n) is 31.3. The van der Waals surface area contributed by atoms with Gasteiger partial charge in [0.05, 0.1) is 23.0 Å². The fourth-order valence-electron chi connectivity index (χ4n) is 9.07. The second-order valence-corrected chi connectivity index (χ2v) is 14.7. The molecule has 11 rings (SSSR count). The van der Waals surface area contributed by atoms with Gasteiger partial charge in [0.2, 0.25) is 5.95 Å². The Bertz CT molecular complexity index is 3180. The molecule has 0 atom stereocenters. The topological polar surface area (TPSA) is 48.0 Å². The summed E-state index contributed by atoms with van der Waals surface area (Å²) >= 11 is 0. The first kappa shape index (κ1) is 33.4. The Hall–Kier alpha value is -7.94. The first-order chi connectivity index (χ1) is 28.7. The van der Waals surface area contributed by atoms with E-state index in [1.807, 2.05) is 30.3 Å². The van der Waals surface area contributed by atoms with Crippen LogP contribution in [0.5, 0.6) is 0 Å². The van der Waals surface area contributed by atoms with Crippen molar-refractivity contribution in [2.24, 2.45) is 0 Å². The van der Waals surface area contributed by atoms with E-state index in [2.05, 4.69) is 179 Å². The number of hydrogen-bond donors (Lipinski definition) is 0. The molecular formula is C53H33N5. The molecule has 5 heteroatoms. The standard InChI is InChI=1S/C53H33N5/c1-54-41-30-28-36(29-31-41)50-55-51(38-19-15-18-37(34-38)35-16-5-2-6-17-35)57-52(56-50)58-47-27-14-12-24-42(47)43-32-33-46-48(49(43)58)44-25-11-13-26-45(44)53(46,39-20-7-3-8-21-39)40-22-9-4-10-23-40/h2-34H. The van der Waals surface area contributed by atoms with Gasteiger partial charge in [-0.3, -0.25) is 4.57 Å². The summed E-state index contributed by atoms with van der Waals surface area (Å²) in [5, 5.41) is 2.24. The van der Waals surface area contributed by atoms with Gasteiger partial charge in [0, 0.05) is 27.5 Å². The molecule has 0 saturated carbocycles. The van der Waals surface area contributed by atoms with Crippen molar-refractivity contribution >= 4 is 27.5 Å². The summed E-state index contributed by atoms with van der Waals surface area (Å²) in [4.78, 5) is 19.4. The van der Waals surface area contributed by atoms with Crippen molar-refractivity contribution in [1.29, 1.82) is 0 Å². The van der Waals surface area contributed by atoms with Gasteiger partial charge in [-0.25, -0.2) is 9.83 Å². The average molecular weight is 740 g/mol. The zero-order valence-corrected chi connectivity index (χ0v) is 31.3. The van der Waals surface area contributed by atoms with E-state index in [4.69, 9.17) is 21.5 Å². The van der Waals surface area contributed by atoms with Gasteiger partial charge in [-0.1, -0.05) is 188 Å². The Morgan fingerprint density at radius 1 is 0.448 bits per heavy atom. The fraction of sp³-hybridized carbons (Fsp3) is 0.0189. The largest absolute Gasteiger partial charge is 0.277 e. The molecule has 2 heterocycles. The molecule has 0 aliphatic heterocycles. The van der Waals surface area contributed by atoms with Gasteiger partial charge in [0.25, 0.3) is 0 Å². The summed E-state index contributed by atoms with van der Waals surface area (Å²) in [6.07, 6.45) is 0. The second-order valence-electron chi connectivity index (χ2n) is 14.7. The predicted molar refractivity (Wildman–Crippen MR) is 234 cm³/mol. The molecule has 10 aromatic rings. The fourth-order valence-corrected chi connectivity index (χ4v) is 9.07. The second kappa shape index (κ2) is 13.4. The third kappa shape index (κ3) is 5.06. The highest BCUT2D eigenvalue weighted by atomic mass is 15.2. The number of nitrogens with zero attached hydrogens (tertiary/aromatic N) is 5. The summed E-state index contributed by atoms with van der Waals surface area (Å²) in [6, 6.07) is 70.0. The van der Waals surface area contributed by atoms with Gasteiger partial charge in [0.15, 0.2) is 17.3 Å². The maximum Gasteiger partial charge on any atom is 0.238 e. The molecule has 0 amide bonds. The Labute approximate surface area is 336 Å². The maximum atomic E-state index is 7.57. The van der Waals surface area contributed by atoms with Crippen molar-refractivity contribution in [3.63, 3.8) is 0 Å². The monoisotopic (exact) mass is 739 g/mol. The molecule has 0 fully saturated rings. The summed E-state index contributed by atoms with van der Waals surface area (Å²) in [7, 11) is 0. The van der Waals surface area contributed by atoms with Crippen LogP contribution in [0.2, 0.25) is 0 Å². The van der Waals surface area contributed by atoms with Crippen molar-refractivity contribution in [1.82, 2.24) is 19.5 Å². The molecule has 1 aliphatic carbocycles. The molecule has 0 bridgehead atoms. The minimum Gasteiger partial charge on any atom is -0.277 e. The molecule has 0 N–H and O–H groups in total. The van der Waals surface area contributed by atoms with Crippen LogP contribution in [0.25, 0.3) is 77.6 Å². The highest BCUT2D eigenvalue weighted by Crippen LogP contribution is 2.58. The molecule has 270 valence electrons. The van der Waals surface area contributed by atoms with Crippen molar-refractivity contribution in [2.75, 3.05) is 0 Å². The van der Waals surface area contributed by atoms with E-state index >= 15 is 0 Å². The minimum absolute atomic E-state index is 0.522. The van der Waals surface area contributed by atoms with Crippen LogP contribution in [0.4, 0.5) is 5.69 Å². The van der Waals surface area contributed by atoms with Crippen molar-refractivity contribution in [3.05, 3.63) is 234 Å². The Morgan fingerprint density at radius 2 is 1.05 bits per heavy atom. The van der Waals surface area contributed by atoms with Crippen LogP contribution in [-0.2, 0) is 5.41 Å². The summed E-state index contributed by atoms with van der Waals surface area (Å²) in [6.45, 7) is 7.57. The zero-order chi connectivity index (χ0) is 38.6. The molecule has 0 radical (unpaired) electrons. The third-order valence-corrected chi connectivity index (χ3v) is 11.6. The van der Waals surface area contributed by atoms with Crippen molar-refractivity contribution in [2.45, 2.75) is 5.41 Å². The van der Waals surface area contributed by atoms with Crippen LogP contribution in [0.1, 0.15) is 22.3 Å². The van der Waals surface area contributed by atoms with Crippen LogP contribution in [0.15, 0.2) is 200 Å². The normalized spacial score (nSPS) is 12.6. The van der Waals surface area contributed by atoms with E-state index in [9.17, 15) is 0 Å². The van der Waals surface area contributed by atoms with E-state index in [-0.39, 0.29) is 0 Å². The van der Waals surface area contributed by atoms with Crippen LogP contribution >= 0.6 is 0 Å². The molecule has 5 nitrogen and oxygen atoms in total. The maximum absolute atomic E-state index is 7.57. The van der Waals surface area contributed by atoms with Crippen molar-refractivity contribution in [3.8, 4) is 51.0 Å². The van der Waals surface area contributed by atoms with Crippen LogP contribution in [0, 0.1) is 6.57 Å². The number of para-hydroxylation sites is 1. The number of hydrogen-bond acceptors (Lipinski definition) is 3. The van der Waals surface area contributed by atoms with Crippen LogP contribution in [-0.4, -0.2) is 19.5 Å². The molecule has 0 spiro atoms. The molecule has 0 unspecified atom stereocenters. The molecule has 0 saturated heterocycles. The smallest absolute Gasteiger partial charge is 0.238 e. The molecule has 58 heavy (non-hydrogen) atoms. The molecule has 2 aromatic heterocycles. The van der Waals surface area contributed by atoms with E-state index in [1.165, 1.54) is 27.8 Å². The van der Waals surface area contributed by atoms with E-state index in [0.29, 0.717) is 23.3 Å². The van der Waals surface area contributed by atoms with Crippen molar-refractivity contribution < 1.29 is 0 Å². The quantitative estimate of drug-likeness (QED) is 0.160. The molecule has 8 aromatic carbocycles. The van der Waals surface area contributed by atoms with Gasteiger partial charge < -0.3 is 0 Å². The lowest BCUT2D eigenvalue weighted by Gasteiger charge is -2.33. The van der Waals surface area contributed by atoms with Gasteiger partial charge in [-0.15, -0.1) is 0 Å². The minimum atomic E-state index is -0.568. The number of benzene rings is 8. The first-order valence-electron chi connectivity index (χ1n) is 19.4. The number of aromatic nitrogens is 4. The van der Waals surface area contributed by atoms with Gasteiger partial charge in [-0.05, 0) is 51.1 Å². The highest BCUT2D eigenvalue weighted by Gasteiger charge is 2.47. The van der Waals surface area contributed by atoms with Crippen LogP contribution in [0.3, 0.4) is 0 Å².